The second-order valence-electron chi connectivity index (χ2n) is 9.28. The van der Waals surface area contributed by atoms with Crippen molar-refractivity contribution in [1.29, 1.82) is 5.41 Å². The largest absolute Gasteiger partial charge is 0.321 e. The molecule has 0 radical (unpaired) electrons. The van der Waals surface area contributed by atoms with E-state index >= 15 is 0 Å². The minimum absolute atomic E-state index is 0.0945. The average Bonchev–Trinajstić information content (AvgIpc) is 3.35. The Labute approximate surface area is 233 Å². The molecule has 0 fully saturated rings. The first-order valence-electron chi connectivity index (χ1n) is 12.8. The fraction of sp³-hybridized carbons (Fsp3) is 0.207. The van der Waals surface area contributed by atoms with Crippen molar-refractivity contribution >= 4 is 27.5 Å². The summed E-state index contributed by atoms with van der Waals surface area (Å²) in [7, 11) is -2.32. The highest BCUT2D eigenvalue weighted by molar-refractivity contribution is 7.89. The highest BCUT2D eigenvalue weighted by Gasteiger charge is 2.20. The zero-order valence-corrected chi connectivity index (χ0v) is 23.4. The molecular formula is C29H32N6O4S. The molecule has 0 saturated carbocycles. The van der Waals surface area contributed by atoms with E-state index in [1.165, 1.54) is 11.7 Å². The van der Waals surface area contributed by atoms with Crippen LogP contribution >= 0.6 is 0 Å². The van der Waals surface area contributed by atoms with Gasteiger partial charge < -0.3 is 5.32 Å². The van der Waals surface area contributed by atoms with Crippen molar-refractivity contribution in [2.75, 3.05) is 18.9 Å². The molecule has 0 aliphatic heterocycles. The minimum atomic E-state index is -3.68. The molecule has 1 heterocycles. The van der Waals surface area contributed by atoms with Crippen LogP contribution in [0.1, 0.15) is 41.5 Å². The zero-order valence-electron chi connectivity index (χ0n) is 22.5. The summed E-state index contributed by atoms with van der Waals surface area (Å²) in [6.45, 7) is 4.15. The Bertz CT molecular complexity index is 1630. The highest BCUT2D eigenvalue weighted by Crippen LogP contribution is 2.28. The SMILES string of the molecule is CCCCNS(=O)(=O)c1ccccc1-c1ccc(NC(=O)c2cc(C)nn2-c2cccc(C(=N)N(C)O)c2)cc1. The molecule has 0 unspecified atom stereocenters. The monoisotopic (exact) mass is 560 g/mol. The van der Waals surface area contributed by atoms with Crippen LogP contribution in [-0.4, -0.2) is 53.8 Å². The van der Waals surface area contributed by atoms with E-state index in [-0.39, 0.29) is 16.4 Å². The summed E-state index contributed by atoms with van der Waals surface area (Å²) in [5, 5.41) is 25.7. The van der Waals surface area contributed by atoms with E-state index in [1.807, 2.05) is 6.92 Å². The van der Waals surface area contributed by atoms with Gasteiger partial charge in [-0.3, -0.25) is 15.4 Å². The first-order valence-corrected chi connectivity index (χ1v) is 14.3. The number of carbonyl (C=O) groups is 1. The fourth-order valence-corrected chi connectivity index (χ4v) is 5.46. The predicted molar refractivity (Wildman–Crippen MR) is 155 cm³/mol. The van der Waals surface area contributed by atoms with E-state index in [1.54, 1.807) is 85.8 Å². The lowest BCUT2D eigenvalue weighted by molar-refractivity contribution is 0.0133. The Hall–Kier alpha value is -4.32. The maximum atomic E-state index is 13.3. The predicted octanol–water partition coefficient (Wildman–Crippen LogP) is 4.82. The molecule has 0 aliphatic carbocycles. The molecule has 4 aromatic rings. The van der Waals surface area contributed by atoms with Crippen molar-refractivity contribution < 1.29 is 18.4 Å². The van der Waals surface area contributed by atoms with Crippen LogP contribution in [0.15, 0.2) is 83.8 Å². The van der Waals surface area contributed by atoms with Gasteiger partial charge in [-0.25, -0.2) is 22.9 Å². The maximum Gasteiger partial charge on any atom is 0.274 e. The molecule has 0 bridgehead atoms. The fourth-order valence-electron chi connectivity index (χ4n) is 4.16. The minimum Gasteiger partial charge on any atom is -0.321 e. The molecule has 4 N–H and O–H groups in total. The topological polar surface area (TPSA) is 140 Å². The number of amidine groups is 1. The summed E-state index contributed by atoms with van der Waals surface area (Å²) in [5.74, 6) is -0.487. The van der Waals surface area contributed by atoms with Gasteiger partial charge in [0.15, 0.2) is 5.84 Å². The summed E-state index contributed by atoms with van der Waals surface area (Å²) >= 11 is 0. The number of aromatic nitrogens is 2. The van der Waals surface area contributed by atoms with E-state index in [4.69, 9.17) is 5.41 Å². The highest BCUT2D eigenvalue weighted by atomic mass is 32.2. The van der Waals surface area contributed by atoms with E-state index in [9.17, 15) is 18.4 Å². The van der Waals surface area contributed by atoms with Crippen molar-refractivity contribution in [3.63, 3.8) is 0 Å². The van der Waals surface area contributed by atoms with Crippen LogP contribution in [0.25, 0.3) is 16.8 Å². The lowest BCUT2D eigenvalue weighted by Crippen LogP contribution is -2.25. The number of hydrogen-bond donors (Lipinski definition) is 4. The summed E-state index contributed by atoms with van der Waals surface area (Å²) in [6, 6.07) is 22.3. The number of hydroxylamine groups is 2. The van der Waals surface area contributed by atoms with Crippen molar-refractivity contribution in [3.05, 3.63) is 95.8 Å². The van der Waals surface area contributed by atoms with Crippen LogP contribution < -0.4 is 10.0 Å². The molecule has 11 heteroatoms. The Kier molecular flexibility index (Phi) is 8.78. The van der Waals surface area contributed by atoms with Gasteiger partial charge in [0, 0.05) is 30.4 Å². The molecule has 0 spiro atoms. The third kappa shape index (κ3) is 6.45. The van der Waals surface area contributed by atoms with Crippen molar-refractivity contribution in [2.24, 2.45) is 0 Å². The number of sulfonamides is 1. The summed E-state index contributed by atoms with van der Waals surface area (Å²) in [4.78, 5) is 13.5. The van der Waals surface area contributed by atoms with Gasteiger partial charge in [-0.1, -0.05) is 55.8 Å². The lowest BCUT2D eigenvalue weighted by atomic mass is 10.1. The number of carbonyl (C=O) groups excluding carboxylic acids is 1. The number of hydrogen-bond acceptors (Lipinski definition) is 6. The molecule has 208 valence electrons. The molecule has 0 atom stereocenters. The molecule has 10 nitrogen and oxygen atoms in total. The number of rotatable bonds is 10. The number of amides is 1. The van der Waals surface area contributed by atoms with Crippen LogP contribution in [-0.2, 0) is 10.0 Å². The third-order valence-corrected chi connectivity index (χ3v) is 7.72. The number of anilines is 1. The Balaban J connectivity index is 1.57. The van der Waals surface area contributed by atoms with Crippen molar-refractivity contribution in [1.82, 2.24) is 19.6 Å². The van der Waals surface area contributed by atoms with E-state index in [2.05, 4.69) is 15.1 Å². The number of benzene rings is 3. The molecule has 40 heavy (non-hydrogen) atoms. The molecule has 0 saturated heterocycles. The van der Waals surface area contributed by atoms with Crippen LogP contribution in [0, 0.1) is 12.3 Å². The smallest absolute Gasteiger partial charge is 0.274 e. The van der Waals surface area contributed by atoms with Gasteiger partial charge in [-0.2, -0.15) is 5.10 Å². The zero-order chi connectivity index (χ0) is 28.9. The van der Waals surface area contributed by atoms with Gasteiger partial charge >= 0.3 is 0 Å². The second-order valence-corrected chi connectivity index (χ2v) is 11.0. The first-order chi connectivity index (χ1) is 19.1. The third-order valence-electron chi connectivity index (χ3n) is 6.20. The van der Waals surface area contributed by atoms with E-state index in [0.29, 0.717) is 45.4 Å². The van der Waals surface area contributed by atoms with Crippen LogP contribution in [0.5, 0.6) is 0 Å². The summed E-state index contributed by atoms with van der Waals surface area (Å²) in [5.41, 5.74) is 3.73. The van der Waals surface area contributed by atoms with Crippen LogP contribution in [0.2, 0.25) is 0 Å². The first kappa shape index (κ1) is 28.7. The molecule has 3 aromatic carbocycles. The van der Waals surface area contributed by atoms with Gasteiger partial charge in [0.1, 0.15) is 5.69 Å². The second kappa shape index (κ2) is 12.2. The van der Waals surface area contributed by atoms with Crippen LogP contribution in [0.3, 0.4) is 0 Å². The van der Waals surface area contributed by atoms with Crippen molar-refractivity contribution in [2.45, 2.75) is 31.6 Å². The maximum absolute atomic E-state index is 13.3. The van der Waals surface area contributed by atoms with Gasteiger partial charge in [-0.05, 0) is 55.3 Å². The van der Waals surface area contributed by atoms with Crippen LogP contribution in [0.4, 0.5) is 5.69 Å². The van der Waals surface area contributed by atoms with Gasteiger partial charge in [0.05, 0.1) is 16.3 Å². The standard InChI is InChI=1S/C29H32N6O4S/c1-4-5-17-31-40(38,39)27-12-7-6-11-25(27)21-13-15-23(16-14-21)32-29(36)26-18-20(2)33-35(26)24-10-8-9-22(19-24)28(30)34(3)37/h6-16,18-19,30-31,37H,4-5,17H2,1-3H3,(H,32,36). The van der Waals surface area contributed by atoms with Gasteiger partial charge in [0.2, 0.25) is 10.0 Å². The number of nitrogens with zero attached hydrogens (tertiary/aromatic N) is 3. The Morgan fingerprint density at radius 1 is 1.05 bits per heavy atom. The van der Waals surface area contributed by atoms with E-state index in [0.717, 1.165) is 12.8 Å². The quantitative estimate of drug-likeness (QED) is 0.0948. The molecule has 4 rings (SSSR count). The summed E-state index contributed by atoms with van der Waals surface area (Å²) < 4.78 is 30.0. The number of nitrogens with one attached hydrogen (secondary N) is 3. The summed E-state index contributed by atoms with van der Waals surface area (Å²) in [6.07, 6.45) is 1.64. The Morgan fingerprint density at radius 3 is 2.48 bits per heavy atom. The van der Waals surface area contributed by atoms with Crippen molar-refractivity contribution in [3.8, 4) is 16.8 Å². The molecular weight excluding hydrogens is 528 g/mol. The normalized spacial score (nSPS) is 11.3. The Morgan fingerprint density at radius 2 is 1.77 bits per heavy atom. The van der Waals surface area contributed by atoms with E-state index < -0.39 is 15.9 Å². The lowest BCUT2D eigenvalue weighted by Gasteiger charge is -2.14. The van der Waals surface area contributed by atoms with Gasteiger partial charge in [-0.15, -0.1) is 0 Å². The number of aryl methyl sites for hydroxylation is 1. The van der Waals surface area contributed by atoms with Gasteiger partial charge in [0.25, 0.3) is 5.91 Å². The molecule has 1 amide bonds. The molecule has 1 aromatic heterocycles. The molecule has 0 aliphatic rings. The average molecular weight is 561 g/mol. The number of unbranched alkanes of at least 4 members (excludes halogenated alkanes) is 1.